The van der Waals surface area contributed by atoms with Crippen molar-refractivity contribution >= 4 is 15.9 Å². The Bertz CT molecular complexity index is 453. The van der Waals surface area contributed by atoms with Crippen LogP contribution in [0.5, 0.6) is 0 Å². The van der Waals surface area contributed by atoms with Crippen LogP contribution in [0.1, 0.15) is 12.1 Å². The van der Waals surface area contributed by atoms with Crippen LogP contribution in [0.3, 0.4) is 0 Å². The smallest absolute Gasteiger partial charge is 0.281 e. The lowest BCUT2D eigenvalue weighted by molar-refractivity contribution is 0.146. The number of pyridine rings is 1. The van der Waals surface area contributed by atoms with E-state index in [2.05, 4.69) is 25.9 Å². The van der Waals surface area contributed by atoms with Crippen LogP contribution in [0.25, 0.3) is 5.82 Å². The molecule has 0 aromatic carbocycles. The Morgan fingerprint density at radius 1 is 1.27 bits per heavy atom. The molecule has 2 heterocycles. The summed E-state index contributed by atoms with van der Waals surface area (Å²) in [5.41, 5.74) is -0.250. The van der Waals surface area contributed by atoms with Crippen LogP contribution < -0.4 is 0 Å². The fourth-order valence-electron chi connectivity index (χ4n) is 1.10. The summed E-state index contributed by atoms with van der Waals surface area (Å²) in [6.45, 7) is 0. The molecule has 0 N–H and O–H groups in total. The van der Waals surface area contributed by atoms with E-state index in [9.17, 15) is 8.78 Å². The maximum atomic E-state index is 12.3. The molecule has 0 aliphatic rings. The van der Waals surface area contributed by atoms with Gasteiger partial charge in [-0.05, 0) is 28.1 Å². The van der Waals surface area contributed by atoms with E-state index in [1.165, 1.54) is 17.1 Å². The molecule has 0 atom stereocenters. The van der Waals surface area contributed by atoms with E-state index in [-0.39, 0.29) is 5.69 Å². The topological polar surface area (TPSA) is 30.7 Å². The first-order chi connectivity index (χ1) is 7.16. The Hall–Kier alpha value is -1.30. The summed E-state index contributed by atoms with van der Waals surface area (Å²) < 4.78 is 26.8. The van der Waals surface area contributed by atoms with Crippen LogP contribution >= 0.6 is 15.9 Å². The Morgan fingerprint density at radius 2 is 2.07 bits per heavy atom. The molecule has 15 heavy (non-hydrogen) atoms. The number of halogens is 3. The molecule has 0 saturated carbocycles. The van der Waals surface area contributed by atoms with Crippen molar-refractivity contribution in [3.8, 4) is 5.82 Å². The number of hydrogen-bond acceptors (Lipinski definition) is 2. The molecule has 0 aliphatic heterocycles. The number of aromatic nitrogens is 3. The van der Waals surface area contributed by atoms with Crippen molar-refractivity contribution in [3.05, 3.63) is 41.0 Å². The molecule has 0 saturated heterocycles. The predicted molar refractivity (Wildman–Crippen MR) is 54.0 cm³/mol. The normalized spacial score (nSPS) is 10.9. The van der Waals surface area contributed by atoms with E-state index in [0.717, 1.165) is 4.47 Å². The zero-order valence-electron chi connectivity index (χ0n) is 7.44. The van der Waals surface area contributed by atoms with Crippen molar-refractivity contribution < 1.29 is 8.78 Å². The summed E-state index contributed by atoms with van der Waals surface area (Å²) in [6.07, 6.45) is 1.62. The number of hydrogen-bond donors (Lipinski definition) is 0. The number of alkyl halides is 2. The maximum Gasteiger partial charge on any atom is 0.281 e. The van der Waals surface area contributed by atoms with Crippen molar-refractivity contribution in [3.63, 3.8) is 0 Å². The monoisotopic (exact) mass is 273 g/mol. The number of rotatable bonds is 2. The van der Waals surface area contributed by atoms with Gasteiger partial charge in [0.2, 0.25) is 0 Å². The van der Waals surface area contributed by atoms with Crippen LogP contribution in [0, 0.1) is 0 Å². The zero-order valence-corrected chi connectivity index (χ0v) is 9.03. The molecule has 0 unspecified atom stereocenters. The van der Waals surface area contributed by atoms with E-state index in [1.54, 1.807) is 18.3 Å². The molecule has 78 valence electrons. The molecule has 2 aromatic heterocycles. The van der Waals surface area contributed by atoms with Crippen molar-refractivity contribution in [2.75, 3.05) is 0 Å². The lowest BCUT2D eigenvalue weighted by atomic mass is 10.4. The Labute approximate surface area is 92.9 Å². The molecular weight excluding hydrogens is 268 g/mol. The second-order valence-electron chi connectivity index (χ2n) is 2.84. The van der Waals surface area contributed by atoms with E-state index in [0.29, 0.717) is 5.82 Å². The van der Waals surface area contributed by atoms with Crippen LogP contribution in [-0.2, 0) is 0 Å². The minimum atomic E-state index is -2.55. The van der Waals surface area contributed by atoms with E-state index in [1.807, 2.05) is 0 Å². The first-order valence-electron chi connectivity index (χ1n) is 4.11. The maximum absolute atomic E-state index is 12.3. The molecule has 0 bridgehead atoms. The zero-order chi connectivity index (χ0) is 10.8. The van der Waals surface area contributed by atoms with Gasteiger partial charge in [0.1, 0.15) is 17.8 Å². The molecule has 3 nitrogen and oxygen atoms in total. The SMILES string of the molecule is FC(F)c1cn(-c2ccc(Br)cn2)cn1. The highest BCUT2D eigenvalue weighted by Gasteiger charge is 2.10. The summed E-state index contributed by atoms with van der Waals surface area (Å²) in [6, 6.07) is 3.49. The van der Waals surface area contributed by atoms with Gasteiger partial charge in [0, 0.05) is 16.9 Å². The lowest BCUT2D eigenvalue weighted by Crippen LogP contribution is -1.93. The highest BCUT2D eigenvalue weighted by Crippen LogP contribution is 2.17. The third kappa shape index (κ3) is 2.20. The van der Waals surface area contributed by atoms with Crippen LogP contribution in [0.4, 0.5) is 8.78 Å². The summed E-state index contributed by atoms with van der Waals surface area (Å²) in [4.78, 5) is 7.63. The van der Waals surface area contributed by atoms with Crippen LogP contribution in [-0.4, -0.2) is 14.5 Å². The van der Waals surface area contributed by atoms with Gasteiger partial charge in [-0.25, -0.2) is 18.7 Å². The minimum absolute atomic E-state index is 0.250. The van der Waals surface area contributed by atoms with E-state index in [4.69, 9.17) is 0 Å². The van der Waals surface area contributed by atoms with Gasteiger partial charge in [-0.2, -0.15) is 0 Å². The second kappa shape index (κ2) is 4.06. The first-order valence-corrected chi connectivity index (χ1v) is 4.90. The van der Waals surface area contributed by atoms with Crippen molar-refractivity contribution in [2.24, 2.45) is 0 Å². The minimum Gasteiger partial charge on any atom is -0.290 e. The van der Waals surface area contributed by atoms with Gasteiger partial charge in [-0.3, -0.25) is 4.57 Å². The summed E-state index contributed by atoms with van der Waals surface area (Å²) in [7, 11) is 0. The average Bonchev–Trinajstić information content (AvgIpc) is 2.68. The van der Waals surface area contributed by atoms with Gasteiger partial charge in [0.05, 0.1) is 0 Å². The molecule has 0 amide bonds. The molecule has 2 aromatic rings. The van der Waals surface area contributed by atoms with Gasteiger partial charge in [0.25, 0.3) is 6.43 Å². The third-order valence-corrected chi connectivity index (χ3v) is 2.27. The van der Waals surface area contributed by atoms with Crippen LogP contribution in [0.2, 0.25) is 0 Å². The van der Waals surface area contributed by atoms with Gasteiger partial charge in [-0.15, -0.1) is 0 Å². The van der Waals surface area contributed by atoms with E-state index < -0.39 is 6.43 Å². The average molecular weight is 274 g/mol. The summed E-state index contributed by atoms with van der Waals surface area (Å²) >= 11 is 3.24. The summed E-state index contributed by atoms with van der Waals surface area (Å²) in [5, 5.41) is 0. The Kier molecular flexibility index (Phi) is 2.77. The second-order valence-corrected chi connectivity index (χ2v) is 3.76. The molecular formula is C9H6BrF2N3. The van der Waals surface area contributed by atoms with Crippen molar-refractivity contribution in [1.82, 2.24) is 14.5 Å². The van der Waals surface area contributed by atoms with Gasteiger partial charge in [-0.1, -0.05) is 0 Å². The lowest BCUT2D eigenvalue weighted by Gasteiger charge is -1.99. The predicted octanol–water partition coefficient (Wildman–Crippen LogP) is 2.97. The standard InChI is InChI=1S/C9H6BrF2N3/c10-6-1-2-8(13-3-6)15-4-7(9(11)12)14-5-15/h1-5,9H. The van der Waals surface area contributed by atoms with Crippen molar-refractivity contribution in [2.45, 2.75) is 6.43 Å². The number of imidazole rings is 1. The highest BCUT2D eigenvalue weighted by molar-refractivity contribution is 9.10. The van der Waals surface area contributed by atoms with Gasteiger partial charge in [0.15, 0.2) is 0 Å². The van der Waals surface area contributed by atoms with Crippen LogP contribution in [0.15, 0.2) is 35.3 Å². The molecule has 0 aliphatic carbocycles. The molecule has 0 spiro atoms. The number of nitrogens with zero attached hydrogens (tertiary/aromatic N) is 3. The highest BCUT2D eigenvalue weighted by atomic mass is 79.9. The first kappa shape index (κ1) is 10.2. The van der Waals surface area contributed by atoms with Crippen molar-refractivity contribution in [1.29, 1.82) is 0 Å². The quantitative estimate of drug-likeness (QED) is 0.842. The third-order valence-electron chi connectivity index (χ3n) is 1.80. The summed E-state index contributed by atoms with van der Waals surface area (Å²) in [5.74, 6) is 0.553. The fraction of sp³-hybridized carbons (Fsp3) is 0.111. The fourth-order valence-corrected chi connectivity index (χ4v) is 1.33. The Balaban J connectivity index is 2.33. The van der Waals surface area contributed by atoms with Gasteiger partial charge < -0.3 is 0 Å². The Morgan fingerprint density at radius 3 is 2.60 bits per heavy atom. The molecule has 0 radical (unpaired) electrons. The molecule has 6 heteroatoms. The largest absolute Gasteiger partial charge is 0.290 e. The van der Waals surface area contributed by atoms with Gasteiger partial charge >= 0.3 is 0 Å². The molecule has 0 fully saturated rings. The molecule has 2 rings (SSSR count). The van der Waals surface area contributed by atoms with E-state index >= 15 is 0 Å².